The Bertz CT molecular complexity index is 2600. The molecule has 1 unspecified atom stereocenters. The van der Waals surface area contributed by atoms with Crippen LogP contribution >= 0.6 is 0 Å². The number of amides is 3. The average Bonchev–Trinajstić information content (AvgIpc) is 3.61. The first kappa shape index (κ1) is 41.4. The van der Waals surface area contributed by atoms with Gasteiger partial charge in [-0.15, -0.1) is 0 Å². The summed E-state index contributed by atoms with van der Waals surface area (Å²) in [6.45, 7) is 6.49. The predicted molar refractivity (Wildman–Crippen MR) is 231 cm³/mol. The summed E-state index contributed by atoms with van der Waals surface area (Å²) in [4.78, 5) is 76.7. The highest BCUT2D eigenvalue weighted by Crippen LogP contribution is 2.34. The minimum Gasteiger partial charge on any atom is -0.408 e. The van der Waals surface area contributed by atoms with E-state index in [0.29, 0.717) is 46.6 Å². The minimum atomic E-state index is -0.754. The van der Waals surface area contributed by atoms with Crippen LogP contribution in [0.4, 0.5) is 10.3 Å². The molecule has 4 aliphatic rings. The third-order valence-electron chi connectivity index (χ3n) is 13.6. The SMILES string of the molecule is Cc1ccc(=O)n(-c2cccc(-c3nc(N[C@H]4CCC[C@@H](C(=O)N5CCC(CCN6CCC(c7ccc8c(c7)oc(=O)n8C7CCC(=O)NC7=O)CC6)CC5)C4)ncc3F)c2)c1. The number of pyridine rings is 1. The molecule has 3 aromatic heterocycles. The number of fused-ring (bicyclic) bond motifs is 1. The van der Waals surface area contributed by atoms with E-state index < -0.39 is 23.5 Å². The number of carbonyl (C=O) groups excluding carboxylic acids is 3. The molecule has 1 aliphatic carbocycles. The number of oxazole rings is 1. The van der Waals surface area contributed by atoms with Crippen LogP contribution in [0, 0.1) is 24.6 Å². The standard InChI is InChI=1S/C47H53FN8O6/c1-29-8-13-42(58)55(28-29)36-7-3-4-33(25-36)43-37(48)27-49-46(52-43)50-35-6-2-5-34(24-35)45(60)54-22-15-30(16-23-54)14-19-53-20-17-31(18-21-53)32-9-10-38-40(26-32)62-47(61)56(38)39-11-12-41(57)51-44(39)59/h3-4,7-10,13,25-28,30-31,34-35,39H,2,5-6,11-12,14-24H2,1H3,(H,49,50,52)(H,51,57,59)/t34-,35+,39?/m1/s1. The van der Waals surface area contributed by atoms with E-state index in [2.05, 4.69) is 30.4 Å². The first-order chi connectivity index (χ1) is 30.1. The molecule has 0 radical (unpaired) electrons. The van der Waals surface area contributed by atoms with Crippen molar-refractivity contribution in [1.29, 1.82) is 0 Å². The van der Waals surface area contributed by atoms with Gasteiger partial charge in [0.1, 0.15) is 11.7 Å². The number of benzene rings is 2. The number of anilines is 1. The van der Waals surface area contributed by atoms with Crippen LogP contribution in [0.5, 0.6) is 0 Å². The van der Waals surface area contributed by atoms with E-state index in [0.717, 1.165) is 95.2 Å². The minimum absolute atomic E-state index is 0.00881. The second kappa shape index (κ2) is 17.8. The van der Waals surface area contributed by atoms with Gasteiger partial charge in [-0.1, -0.05) is 30.7 Å². The Labute approximate surface area is 358 Å². The van der Waals surface area contributed by atoms with E-state index in [9.17, 15) is 24.0 Å². The van der Waals surface area contributed by atoms with Crippen molar-refractivity contribution in [3.63, 3.8) is 0 Å². The van der Waals surface area contributed by atoms with E-state index in [4.69, 9.17) is 4.42 Å². The number of imide groups is 1. The molecule has 9 rings (SSSR count). The van der Waals surface area contributed by atoms with Gasteiger partial charge in [-0.2, -0.15) is 0 Å². The van der Waals surface area contributed by atoms with Crippen LogP contribution in [-0.2, 0) is 14.4 Å². The predicted octanol–water partition coefficient (Wildman–Crippen LogP) is 6.11. The topological polar surface area (TPSA) is 165 Å². The molecular weight excluding hydrogens is 792 g/mol. The van der Waals surface area contributed by atoms with Gasteiger partial charge in [-0.25, -0.2) is 19.2 Å². The van der Waals surface area contributed by atoms with Gasteiger partial charge in [0.15, 0.2) is 11.4 Å². The van der Waals surface area contributed by atoms with Crippen LogP contribution in [0.3, 0.4) is 0 Å². The summed E-state index contributed by atoms with van der Waals surface area (Å²) in [6.07, 6.45) is 11.8. The van der Waals surface area contributed by atoms with E-state index in [1.54, 1.807) is 36.5 Å². The lowest BCUT2D eigenvalue weighted by atomic mass is 9.84. The number of likely N-dealkylation sites (tertiary alicyclic amines) is 2. The van der Waals surface area contributed by atoms with Crippen molar-refractivity contribution in [3.8, 4) is 16.9 Å². The molecular formula is C47H53FN8O6. The van der Waals surface area contributed by atoms with Crippen LogP contribution in [0.25, 0.3) is 28.0 Å². The fourth-order valence-corrected chi connectivity index (χ4v) is 10.1. The molecule has 2 aromatic carbocycles. The molecule has 3 saturated heterocycles. The first-order valence-electron chi connectivity index (χ1n) is 22.2. The van der Waals surface area contributed by atoms with Crippen LogP contribution in [-0.4, -0.2) is 85.4 Å². The highest BCUT2D eigenvalue weighted by molar-refractivity contribution is 6.00. The van der Waals surface area contributed by atoms with Crippen molar-refractivity contribution in [1.82, 2.24) is 34.2 Å². The van der Waals surface area contributed by atoms with Gasteiger partial charge in [0.2, 0.25) is 23.7 Å². The smallest absolute Gasteiger partial charge is 0.408 e. The lowest BCUT2D eigenvalue weighted by Gasteiger charge is -2.38. The van der Waals surface area contributed by atoms with Gasteiger partial charge in [0, 0.05) is 55.0 Å². The maximum absolute atomic E-state index is 15.1. The molecule has 15 heteroatoms. The fourth-order valence-electron chi connectivity index (χ4n) is 10.1. The maximum atomic E-state index is 15.1. The molecule has 14 nitrogen and oxygen atoms in total. The zero-order valence-corrected chi connectivity index (χ0v) is 35.1. The Morgan fingerprint density at radius 1 is 0.935 bits per heavy atom. The van der Waals surface area contributed by atoms with Gasteiger partial charge in [-0.3, -0.25) is 33.6 Å². The molecule has 0 spiro atoms. The highest BCUT2D eigenvalue weighted by Gasteiger charge is 2.34. The van der Waals surface area contributed by atoms with Gasteiger partial charge >= 0.3 is 5.76 Å². The molecule has 62 heavy (non-hydrogen) atoms. The van der Waals surface area contributed by atoms with Crippen molar-refractivity contribution in [2.24, 2.45) is 11.8 Å². The molecule has 5 aromatic rings. The Kier molecular flexibility index (Phi) is 11.9. The molecule has 6 heterocycles. The van der Waals surface area contributed by atoms with Gasteiger partial charge < -0.3 is 19.5 Å². The molecule has 3 amide bonds. The molecule has 0 bridgehead atoms. The fraction of sp³-hybridized carbons (Fsp3) is 0.468. The third kappa shape index (κ3) is 8.85. The number of aryl methyl sites for hydroxylation is 1. The molecule has 3 aliphatic heterocycles. The Balaban J connectivity index is 0.730. The monoisotopic (exact) mass is 844 g/mol. The van der Waals surface area contributed by atoms with E-state index in [-0.39, 0.29) is 47.9 Å². The molecule has 4 fully saturated rings. The Hall–Kier alpha value is -5.96. The van der Waals surface area contributed by atoms with Crippen molar-refractivity contribution in [3.05, 3.63) is 105 Å². The first-order valence-corrected chi connectivity index (χ1v) is 22.2. The number of nitrogens with one attached hydrogen (secondary N) is 2. The summed E-state index contributed by atoms with van der Waals surface area (Å²) in [5.74, 6) is -0.532. The van der Waals surface area contributed by atoms with Gasteiger partial charge in [0.05, 0.1) is 11.7 Å². The quantitative estimate of drug-likeness (QED) is 0.157. The molecule has 324 valence electrons. The summed E-state index contributed by atoms with van der Waals surface area (Å²) < 4.78 is 23.6. The summed E-state index contributed by atoms with van der Waals surface area (Å²) in [6, 6.07) is 15.5. The second-order valence-corrected chi connectivity index (χ2v) is 17.7. The number of piperidine rings is 3. The average molecular weight is 845 g/mol. The zero-order valence-electron chi connectivity index (χ0n) is 35.1. The van der Waals surface area contributed by atoms with E-state index in [1.165, 1.54) is 21.4 Å². The van der Waals surface area contributed by atoms with Crippen molar-refractivity contribution < 1.29 is 23.2 Å². The third-order valence-corrected chi connectivity index (χ3v) is 13.6. The number of aromatic nitrogens is 4. The van der Waals surface area contributed by atoms with Crippen molar-refractivity contribution in [2.75, 3.05) is 38.0 Å². The number of carbonyl (C=O) groups is 3. The Morgan fingerprint density at radius 2 is 1.76 bits per heavy atom. The molecule has 2 N–H and O–H groups in total. The van der Waals surface area contributed by atoms with Crippen molar-refractivity contribution in [2.45, 2.75) is 95.6 Å². The van der Waals surface area contributed by atoms with Crippen molar-refractivity contribution >= 4 is 34.8 Å². The van der Waals surface area contributed by atoms with E-state index in [1.807, 2.05) is 25.1 Å². The number of hydrogen-bond donors (Lipinski definition) is 2. The highest BCUT2D eigenvalue weighted by atomic mass is 19.1. The summed E-state index contributed by atoms with van der Waals surface area (Å²) in [7, 11) is 0. The molecule has 3 atom stereocenters. The van der Waals surface area contributed by atoms with Crippen LogP contribution in [0.15, 0.2) is 81.0 Å². The molecule has 1 saturated carbocycles. The largest absolute Gasteiger partial charge is 0.420 e. The van der Waals surface area contributed by atoms with Crippen LogP contribution in [0.1, 0.15) is 93.7 Å². The lowest BCUT2D eigenvalue weighted by molar-refractivity contribution is -0.138. The normalized spacial score (nSPS) is 21.9. The van der Waals surface area contributed by atoms with Crippen LogP contribution < -0.4 is 21.9 Å². The lowest BCUT2D eigenvalue weighted by Crippen LogP contribution is -2.44. The summed E-state index contributed by atoms with van der Waals surface area (Å²) >= 11 is 0. The van der Waals surface area contributed by atoms with Crippen LogP contribution in [0.2, 0.25) is 0 Å². The Morgan fingerprint density at radius 3 is 2.56 bits per heavy atom. The van der Waals surface area contributed by atoms with E-state index >= 15 is 4.39 Å². The van der Waals surface area contributed by atoms with Gasteiger partial charge in [0.25, 0.3) is 5.56 Å². The number of nitrogens with zero attached hydrogens (tertiary/aromatic N) is 6. The summed E-state index contributed by atoms with van der Waals surface area (Å²) in [5.41, 5.74) is 4.23. The number of rotatable bonds is 10. The second-order valence-electron chi connectivity index (χ2n) is 17.7. The maximum Gasteiger partial charge on any atom is 0.420 e. The number of halogens is 1. The number of hydrogen-bond acceptors (Lipinski definition) is 10. The van der Waals surface area contributed by atoms with Gasteiger partial charge in [-0.05, 0) is 132 Å². The summed E-state index contributed by atoms with van der Waals surface area (Å²) in [5, 5.41) is 5.73. The zero-order chi connectivity index (χ0) is 42.9.